The van der Waals surface area contributed by atoms with Gasteiger partial charge in [0.1, 0.15) is 6.04 Å². The Hall–Kier alpha value is -1.59. The van der Waals surface area contributed by atoms with Gasteiger partial charge in [-0.3, -0.25) is 4.79 Å². The summed E-state index contributed by atoms with van der Waals surface area (Å²) in [4.78, 5) is 16.3. The molecule has 0 aliphatic rings. The predicted octanol–water partition coefficient (Wildman–Crippen LogP) is 3.85. The van der Waals surface area contributed by atoms with E-state index in [-0.39, 0.29) is 11.9 Å². The van der Waals surface area contributed by atoms with Crippen LogP contribution in [0.25, 0.3) is 0 Å². The van der Waals surface area contributed by atoms with Gasteiger partial charge < -0.3 is 10.6 Å². The standard InChI is InChI=1S/C14H16ClN3OS/c1-8-4-5-11(15)6-12(8)17-10(3)13(19)18-14-16-9(2)7-20-14/h4-7,10,17H,1-3H3,(H,16,18,19)/t10-/m1/s1. The fourth-order valence-electron chi connectivity index (χ4n) is 1.67. The van der Waals surface area contributed by atoms with Gasteiger partial charge >= 0.3 is 0 Å². The van der Waals surface area contributed by atoms with Crippen LogP contribution in [0.5, 0.6) is 0 Å². The third-order valence-electron chi connectivity index (χ3n) is 2.81. The summed E-state index contributed by atoms with van der Waals surface area (Å²) in [5, 5.41) is 9.10. The molecule has 1 aromatic heterocycles. The summed E-state index contributed by atoms with van der Waals surface area (Å²) < 4.78 is 0. The number of aryl methyl sites for hydroxylation is 2. The fourth-order valence-corrected chi connectivity index (χ4v) is 2.54. The molecule has 0 bridgehead atoms. The summed E-state index contributed by atoms with van der Waals surface area (Å²) in [7, 11) is 0. The van der Waals surface area contributed by atoms with Gasteiger partial charge in [-0.05, 0) is 38.5 Å². The Morgan fingerprint density at radius 1 is 1.40 bits per heavy atom. The molecule has 6 heteroatoms. The second kappa shape index (κ2) is 6.24. The van der Waals surface area contributed by atoms with E-state index in [1.165, 1.54) is 11.3 Å². The van der Waals surface area contributed by atoms with Crippen LogP contribution in [-0.4, -0.2) is 16.9 Å². The molecule has 0 radical (unpaired) electrons. The smallest absolute Gasteiger partial charge is 0.248 e. The summed E-state index contributed by atoms with van der Waals surface area (Å²) in [6, 6.07) is 5.18. The Morgan fingerprint density at radius 2 is 2.15 bits per heavy atom. The van der Waals surface area contributed by atoms with Crippen molar-refractivity contribution in [2.45, 2.75) is 26.8 Å². The van der Waals surface area contributed by atoms with Crippen LogP contribution in [0.15, 0.2) is 23.6 Å². The molecule has 2 rings (SSSR count). The van der Waals surface area contributed by atoms with Crippen LogP contribution in [-0.2, 0) is 4.79 Å². The minimum absolute atomic E-state index is 0.126. The molecule has 4 nitrogen and oxygen atoms in total. The molecule has 1 amide bonds. The van der Waals surface area contributed by atoms with E-state index < -0.39 is 0 Å². The average molecular weight is 310 g/mol. The highest BCUT2D eigenvalue weighted by atomic mass is 35.5. The van der Waals surface area contributed by atoms with Crippen LogP contribution in [0, 0.1) is 13.8 Å². The third kappa shape index (κ3) is 3.71. The SMILES string of the molecule is Cc1csc(NC(=O)[C@@H](C)Nc2cc(Cl)ccc2C)n1. The van der Waals surface area contributed by atoms with Gasteiger partial charge in [-0.2, -0.15) is 0 Å². The lowest BCUT2D eigenvalue weighted by atomic mass is 10.2. The molecule has 1 heterocycles. The number of benzene rings is 1. The maximum absolute atomic E-state index is 12.1. The van der Waals surface area contributed by atoms with Crippen molar-refractivity contribution in [3.05, 3.63) is 39.9 Å². The first-order valence-electron chi connectivity index (χ1n) is 6.21. The number of hydrogen-bond donors (Lipinski definition) is 2. The molecule has 0 unspecified atom stereocenters. The Kier molecular flexibility index (Phi) is 4.62. The lowest BCUT2D eigenvalue weighted by Crippen LogP contribution is -2.32. The van der Waals surface area contributed by atoms with Crippen LogP contribution in [0.3, 0.4) is 0 Å². The summed E-state index contributed by atoms with van der Waals surface area (Å²) in [5.74, 6) is -0.126. The quantitative estimate of drug-likeness (QED) is 0.902. The third-order valence-corrected chi connectivity index (χ3v) is 3.92. The van der Waals surface area contributed by atoms with Gasteiger partial charge in [-0.1, -0.05) is 17.7 Å². The molecule has 0 saturated heterocycles. The molecule has 0 aliphatic heterocycles. The van der Waals surface area contributed by atoms with Crippen molar-refractivity contribution in [2.75, 3.05) is 10.6 Å². The molecular formula is C14H16ClN3OS. The van der Waals surface area contributed by atoms with E-state index in [9.17, 15) is 4.79 Å². The summed E-state index contributed by atoms with van der Waals surface area (Å²) in [5.41, 5.74) is 2.80. The molecule has 0 spiro atoms. The Morgan fingerprint density at radius 3 is 2.80 bits per heavy atom. The second-order valence-corrected chi connectivity index (χ2v) is 5.90. The average Bonchev–Trinajstić information content (AvgIpc) is 2.79. The van der Waals surface area contributed by atoms with E-state index in [2.05, 4.69) is 15.6 Å². The lowest BCUT2D eigenvalue weighted by molar-refractivity contribution is -0.116. The number of aromatic nitrogens is 1. The van der Waals surface area contributed by atoms with Gasteiger partial charge in [0.25, 0.3) is 0 Å². The van der Waals surface area contributed by atoms with Crippen molar-refractivity contribution in [2.24, 2.45) is 0 Å². The molecule has 0 fully saturated rings. The molecule has 1 atom stereocenters. The summed E-state index contributed by atoms with van der Waals surface area (Å²) in [6.07, 6.45) is 0. The number of nitrogens with zero attached hydrogens (tertiary/aromatic N) is 1. The number of halogens is 1. The zero-order chi connectivity index (χ0) is 14.7. The summed E-state index contributed by atoms with van der Waals surface area (Å²) >= 11 is 7.38. The van der Waals surface area contributed by atoms with Crippen molar-refractivity contribution >= 4 is 39.7 Å². The fraction of sp³-hybridized carbons (Fsp3) is 0.286. The predicted molar refractivity (Wildman–Crippen MR) is 84.8 cm³/mol. The van der Waals surface area contributed by atoms with E-state index in [0.717, 1.165) is 16.9 Å². The van der Waals surface area contributed by atoms with Gasteiger partial charge in [-0.25, -0.2) is 4.98 Å². The minimum atomic E-state index is -0.378. The van der Waals surface area contributed by atoms with Crippen LogP contribution < -0.4 is 10.6 Å². The molecule has 0 aliphatic carbocycles. The molecule has 2 N–H and O–H groups in total. The highest BCUT2D eigenvalue weighted by molar-refractivity contribution is 7.13. The van der Waals surface area contributed by atoms with Crippen LogP contribution in [0.1, 0.15) is 18.2 Å². The first kappa shape index (κ1) is 14.8. The zero-order valence-electron chi connectivity index (χ0n) is 11.5. The number of rotatable bonds is 4. The molecule has 0 saturated carbocycles. The van der Waals surface area contributed by atoms with Crippen LogP contribution >= 0.6 is 22.9 Å². The van der Waals surface area contributed by atoms with Crippen molar-refractivity contribution in [1.29, 1.82) is 0 Å². The first-order valence-corrected chi connectivity index (χ1v) is 7.47. The topological polar surface area (TPSA) is 54.0 Å². The molecule has 20 heavy (non-hydrogen) atoms. The van der Waals surface area contributed by atoms with Gasteiger partial charge in [0.05, 0.1) is 5.69 Å². The van der Waals surface area contributed by atoms with Crippen LogP contribution in [0.4, 0.5) is 10.8 Å². The minimum Gasteiger partial charge on any atom is -0.374 e. The monoisotopic (exact) mass is 309 g/mol. The first-order chi connectivity index (χ1) is 9.45. The maximum atomic E-state index is 12.1. The molecule has 1 aromatic carbocycles. The largest absolute Gasteiger partial charge is 0.374 e. The van der Waals surface area contributed by atoms with Crippen molar-refractivity contribution in [3.63, 3.8) is 0 Å². The Bertz CT molecular complexity index is 627. The van der Waals surface area contributed by atoms with E-state index in [1.54, 1.807) is 6.92 Å². The second-order valence-electron chi connectivity index (χ2n) is 4.61. The van der Waals surface area contributed by atoms with Crippen molar-refractivity contribution in [1.82, 2.24) is 4.98 Å². The van der Waals surface area contributed by atoms with Crippen LogP contribution in [0.2, 0.25) is 5.02 Å². The highest BCUT2D eigenvalue weighted by Crippen LogP contribution is 2.21. The van der Waals surface area contributed by atoms with Gasteiger partial charge in [0.15, 0.2) is 5.13 Å². The Labute approximate surface area is 127 Å². The zero-order valence-corrected chi connectivity index (χ0v) is 13.1. The van der Waals surface area contributed by atoms with Crippen molar-refractivity contribution < 1.29 is 4.79 Å². The highest BCUT2D eigenvalue weighted by Gasteiger charge is 2.15. The number of hydrogen-bond acceptors (Lipinski definition) is 4. The molecule has 106 valence electrons. The number of amides is 1. The van der Waals surface area contributed by atoms with E-state index in [0.29, 0.717) is 10.2 Å². The molecule has 2 aromatic rings. The number of nitrogens with one attached hydrogen (secondary N) is 2. The van der Waals surface area contributed by atoms with Gasteiger partial charge in [-0.15, -0.1) is 11.3 Å². The maximum Gasteiger partial charge on any atom is 0.248 e. The summed E-state index contributed by atoms with van der Waals surface area (Å²) in [6.45, 7) is 5.66. The van der Waals surface area contributed by atoms with E-state index in [1.807, 2.05) is 37.4 Å². The number of carbonyl (C=O) groups is 1. The van der Waals surface area contributed by atoms with Gasteiger partial charge in [0, 0.05) is 16.1 Å². The lowest BCUT2D eigenvalue weighted by Gasteiger charge is -2.16. The Balaban J connectivity index is 2.02. The van der Waals surface area contributed by atoms with E-state index >= 15 is 0 Å². The number of carbonyl (C=O) groups excluding carboxylic acids is 1. The van der Waals surface area contributed by atoms with Gasteiger partial charge in [0.2, 0.25) is 5.91 Å². The van der Waals surface area contributed by atoms with E-state index in [4.69, 9.17) is 11.6 Å². The normalized spacial score (nSPS) is 12.0. The number of thiazole rings is 1. The molecular weight excluding hydrogens is 294 g/mol. The number of anilines is 2. The van der Waals surface area contributed by atoms with Crippen molar-refractivity contribution in [3.8, 4) is 0 Å².